The van der Waals surface area contributed by atoms with Crippen molar-refractivity contribution < 1.29 is 0 Å². The number of nitrogens with zero attached hydrogens (tertiary/aromatic N) is 2. The summed E-state index contributed by atoms with van der Waals surface area (Å²) in [7, 11) is 0. The van der Waals surface area contributed by atoms with Gasteiger partial charge >= 0.3 is 0 Å². The minimum atomic E-state index is 1.15. The summed E-state index contributed by atoms with van der Waals surface area (Å²) in [5, 5.41) is 6.17. The molecule has 0 aliphatic carbocycles. The molecule has 0 N–H and O–H groups in total. The molecule has 0 atom stereocenters. The van der Waals surface area contributed by atoms with Gasteiger partial charge in [0.15, 0.2) is 0 Å². The average molecular weight is 501 g/mol. The number of hydrogen-bond acceptors (Lipinski definition) is 0. The fraction of sp³-hybridized carbons (Fsp3) is 0.0270. The molecule has 2 nitrogen and oxygen atoms in total. The summed E-state index contributed by atoms with van der Waals surface area (Å²) in [4.78, 5) is 0. The predicted molar refractivity (Wildman–Crippen MR) is 167 cm³/mol. The quantitative estimate of drug-likeness (QED) is 0.231. The highest BCUT2D eigenvalue weighted by Gasteiger charge is 2.12. The van der Waals surface area contributed by atoms with Gasteiger partial charge < -0.3 is 9.13 Å². The summed E-state index contributed by atoms with van der Waals surface area (Å²) in [6, 6.07) is 43.6. The van der Waals surface area contributed by atoms with Gasteiger partial charge in [-0.2, -0.15) is 0 Å². The lowest BCUT2D eigenvalue weighted by Gasteiger charge is -2.11. The van der Waals surface area contributed by atoms with Crippen LogP contribution < -0.4 is 10.6 Å². The summed E-state index contributed by atoms with van der Waals surface area (Å²) in [5.41, 5.74) is 8.37. The summed E-state index contributed by atoms with van der Waals surface area (Å²) in [6.07, 6.45) is 6.14. The molecule has 0 aliphatic rings. The van der Waals surface area contributed by atoms with Crippen LogP contribution in [-0.4, -0.2) is 9.13 Å². The van der Waals surface area contributed by atoms with Gasteiger partial charge in [-0.05, 0) is 60.5 Å². The number of rotatable bonds is 4. The van der Waals surface area contributed by atoms with Crippen LogP contribution in [0.3, 0.4) is 0 Å². The number of benzene rings is 5. The predicted octanol–water partition coefficient (Wildman–Crippen LogP) is 8.16. The number of fused-ring (bicyclic) bond motifs is 4. The molecular weight excluding hydrogens is 472 g/mol. The second-order valence-corrected chi connectivity index (χ2v) is 9.81. The van der Waals surface area contributed by atoms with Crippen LogP contribution in [0.25, 0.3) is 67.4 Å². The molecule has 0 spiro atoms. The monoisotopic (exact) mass is 500 g/mol. The van der Waals surface area contributed by atoms with Crippen molar-refractivity contribution in [3.05, 3.63) is 145 Å². The van der Waals surface area contributed by atoms with E-state index in [4.69, 9.17) is 0 Å². The van der Waals surface area contributed by atoms with Gasteiger partial charge in [0, 0.05) is 38.1 Å². The van der Waals surface area contributed by atoms with E-state index in [1.54, 1.807) is 0 Å². The molecule has 0 bridgehead atoms. The van der Waals surface area contributed by atoms with Crippen molar-refractivity contribution >= 4 is 44.9 Å². The molecule has 5 aromatic carbocycles. The lowest BCUT2D eigenvalue weighted by molar-refractivity contribution is 1.07. The lowest BCUT2D eigenvalue weighted by atomic mass is 10.0. The highest BCUT2D eigenvalue weighted by Crippen LogP contribution is 2.32. The summed E-state index contributed by atoms with van der Waals surface area (Å²) >= 11 is 0. The van der Waals surface area contributed by atoms with Gasteiger partial charge in [-0.15, -0.1) is 0 Å². The third-order valence-electron chi connectivity index (χ3n) is 7.67. The zero-order valence-electron chi connectivity index (χ0n) is 21.9. The summed E-state index contributed by atoms with van der Waals surface area (Å²) in [5.74, 6) is 0. The number of allylic oxidation sites excluding steroid dienone is 1. The largest absolute Gasteiger partial charge is 0.310 e. The first-order valence-corrected chi connectivity index (χ1v) is 13.4. The molecule has 2 aromatic heterocycles. The van der Waals surface area contributed by atoms with Gasteiger partial charge in [0.05, 0.1) is 16.6 Å². The Hall–Kier alpha value is -5.08. The molecule has 39 heavy (non-hydrogen) atoms. The number of para-hydroxylation sites is 3. The fourth-order valence-electron chi connectivity index (χ4n) is 5.95. The SMILES string of the molecule is C=C/C=c1\c(=C/C)n(-c2ccc(-c3ccc(-n4c5ccccc5c5ccccc54)cc3)cc2)c2ccccc12. The third kappa shape index (κ3) is 3.65. The van der Waals surface area contributed by atoms with Crippen molar-refractivity contribution in [2.75, 3.05) is 0 Å². The molecule has 2 heteroatoms. The Morgan fingerprint density at radius 1 is 0.513 bits per heavy atom. The molecule has 0 aliphatic heterocycles. The Kier molecular flexibility index (Phi) is 5.53. The van der Waals surface area contributed by atoms with Gasteiger partial charge in [-0.3, -0.25) is 0 Å². The maximum atomic E-state index is 3.94. The summed E-state index contributed by atoms with van der Waals surface area (Å²) in [6.45, 7) is 6.03. The van der Waals surface area contributed by atoms with Crippen LogP contribution >= 0.6 is 0 Å². The molecule has 2 heterocycles. The van der Waals surface area contributed by atoms with Crippen molar-refractivity contribution in [1.29, 1.82) is 0 Å². The van der Waals surface area contributed by atoms with Gasteiger partial charge in [-0.1, -0.05) is 104 Å². The van der Waals surface area contributed by atoms with E-state index in [0.717, 1.165) is 5.69 Å². The van der Waals surface area contributed by atoms with E-state index in [-0.39, 0.29) is 0 Å². The van der Waals surface area contributed by atoms with Crippen LogP contribution in [-0.2, 0) is 0 Å². The Bertz CT molecular complexity index is 2070. The Labute approximate surface area is 227 Å². The molecule has 0 unspecified atom stereocenters. The van der Waals surface area contributed by atoms with Crippen molar-refractivity contribution in [2.24, 2.45) is 0 Å². The first-order chi connectivity index (χ1) is 19.3. The minimum absolute atomic E-state index is 1.15. The standard InChI is InChI=1S/C37H28N2/c1-3-11-30-31-12-5-8-15-35(31)38(34(30)4-2)28-22-18-26(19-23-28)27-20-24-29(25-21-27)39-36-16-9-6-13-32(36)33-14-7-10-17-37(33)39/h3-25H,1H2,2H3/b30-11-,34-4+. The molecule has 7 rings (SSSR count). The lowest BCUT2D eigenvalue weighted by Crippen LogP contribution is -2.27. The topological polar surface area (TPSA) is 9.86 Å². The fourth-order valence-corrected chi connectivity index (χ4v) is 5.95. The van der Waals surface area contributed by atoms with E-state index in [1.165, 1.54) is 60.1 Å². The van der Waals surface area contributed by atoms with Crippen molar-refractivity contribution in [3.63, 3.8) is 0 Å². The van der Waals surface area contributed by atoms with E-state index in [9.17, 15) is 0 Å². The maximum absolute atomic E-state index is 3.94. The first-order valence-electron chi connectivity index (χ1n) is 13.4. The average Bonchev–Trinajstić information content (AvgIpc) is 3.50. The highest BCUT2D eigenvalue weighted by molar-refractivity contribution is 6.09. The van der Waals surface area contributed by atoms with Gasteiger partial charge in [0.2, 0.25) is 0 Å². The molecule has 186 valence electrons. The zero-order chi connectivity index (χ0) is 26.3. The van der Waals surface area contributed by atoms with E-state index < -0.39 is 0 Å². The molecule has 0 saturated carbocycles. The zero-order valence-corrected chi connectivity index (χ0v) is 21.9. The molecule has 0 radical (unpaired) electrons. The second-order valence-electron chi connectivity index (χ2n) is 9.81. The van der Waals surface area contributed by atoms with Crippen LogP contribution in [0.15, 0.2) is 134 Å². The van der Waals surface area contributed by atoms with E-state index in [1.807, 2.05) is 6.08 Å². The Balaban J connectivity index is 1.29. The van der Waals surface area contributed by atoms with Crippen LogP contribution in [0.4, 0.5) is 0 Å². The molecular formula is C37H28N2. The minimum Gasteiger partial charge on any atom is -0.310 e. The molecule has 0 fully saturated rings. The van der Waals surface area contributed by atoms with Crippen LogP contribution in [0, 0.1) is 0 Å². The maximum Gasteiger partial charge on any atom is 0.0541 e. The van der Waals surface area contributed by atoms with Gasteiger partial charge in [0.1, 0.15) is 0 Å². The number of hydrogen-bond donors (Lipinski definition) is 0. The highest BCUT2D eigenvalue weighted by atomic mass is 15.0. The van der Waals surface area contributed by atoms with Crippen molar-refractivity contribution in [1.82, 2.24) is 9.13 Å². The van der Waals surface area contributed by atoms with Crippen LogP contribution in [0.1, 0.15) is 6.92 Å². The van der Waals surface area contributed by atoms with Crippen molar-refractivity contribution in [3.8, 4) is 22.5 Å². The van der Waals surface area contributed by atoms with E-state index in [2.05, 4.69) is 156 Å². The van der Waals surface area contributed by atoms with Crippen molar-refractivity contribution in [2.45, 2.75) is 6.92 Å². The molecule has 7 aromatic rings. The van der Waals surface area contributed by atoms with Crippen LogP contribution in [0.5, 0.6) is 0 Å². The normalized spacial score (nSPS) is 12.6. The summed E-state index contributed by atoms with van der Waals surface area (Å²) < 4.78 is 4.69. The Morgan fingerprint density at radius 3 is 1.44 bits per heavy atom. The smallest absolute Gasteiger partial charge is 0.0541 e. The molecule has 0 amide bonds. The molecule has 0 saturated heterocycles. The third-order valence-corrected chi connectivity index (χ3v) is 7.67. The van der Waals surface area contributed by atoms with E-state index >= 15 is 0 Å². The Morgan fingerprint density at radius 2 is 0.949 bits per heavy atom. The van der Waals surface area contributed by atoms with E-state index in [0.29, 0.717) is 0 Å². The second kappa shape index (κ2) is 9.34. The van der Waals surface area contributed by atoms with Crippen LogP contribution in [0.2, 0.25) is 0 Å². The first kappa shape index (κ1) is 23.1. The van der Waals surface area contributed by atoms with Gasteiger partial charge in [0.25, 0.3) is 0 Å². The number of aromatic nitrogens is 2. The van der Waals surface area contributed by atoms with Gasteiger partial charge in [-0.25, -0.2) is 0 Å².